The van der Waals surface area contributed by atoms with Crippen LogP contribution in [0.1, 0.15) is 33.6 Å². The number of hydrogen-bond donors (Lipinski definition) is 1. The van der Waals surface area contributed by atoms with E-state index in [2.05, 4.69) is 29.1 Å². The molecule has 0 radical (unpaired) electrons. The first kappa shape index (κ1) is 16.2. The smallest absolute Gasteiger partial charge is 0.252 e. The number of rotatable bonds is 5. The number of carbonyl (C=O) groups is 1. The zero-order valence-corrected chi connectivity index (χ0v) is 14.3. The summed E-state index contributed by atoms with van der Waals surface area (Å²) in [5.74, 6) is -0.0422. The molecular weight excluding hydrogens is 300 g/mol. The van der Waals surface area contributed by atoms with Crippen molar-refractivity contribution >= 4 is 16.8 Å². The summed E-state index contributed by atoms with van der Waals surface area (Å²) in [5, 5.41) is 3.93. The fraction of sp³-hybridized carbons (Fsp3) is 0.316. The van der Waals surface area contributed by atoms with Crippen LogP contribution in [0.5, 0.6) is 0 Å². The van der Waals surface area contributed by atoms with Crippen molar-refractivity contribution in [2.75, 3.05) is 6.54 Å². The van der Waals surface area contributed by atoms with Crippen LogP contribution in [-0.4, -0.2) is 27.0 Å². The van der Waals surface area contributed by atoms with Gasteiger partial charge in [0, 0.05) is 36.6 Å². The van der Waals surface area contributed by atoms with E-state index in [9.17, 15) is 4.79 Å². The molecule has 0 saturated carbocycles. The maximum Gasteiger partial charge on any atom is 0.252 e. The number of pyridine rings is 1. The second-order valence-corrected chi connectivity index (χ2v) is 6.12. The van der Waals surface area contributed by atoms with Crippen LogP contribution in [0.4, 0.5) is 0 Å². The molecule has 3 rings (SSSR count). The number of fused-ring (bicyclic) bond motifs is 1. The van der Waals surface area contributed by atoms with Crippen LogP contribution >= 0.6 is 0 Å². The van der Waals surface area contributed by atoms with Crippen molar-refractivity contribution in [2.45, 2.75) is 33.7 Å². The van der Waals surface area contributed by atoms with Gasteiger partial charge in [0.25, 0.3) is 5.91 Å². The van der Waals surface area contributed by atoms with Crippen molar-refractivity contribution in [3.05, 3.63) is 59.3 Å². The van der Waals surface area contributed by atoms with E-state index in [1.807, 2.05) is 35.9 Å². The highest BCUT2D eigenvalue weighted by Gasteiger charge is 2.13. The summed E-state index contributed by atoms with van der Waals surface area (Å²) in [4.78, 5) is 21.2. The van der Waals surface area contributed by atoms with Crippen molar-refractivity contribution in [3.8, 4) is 0 Å². The molecule has 0 atom stereocenters. The lowest BCUT2D eigenvalue weighted by atomic mass is 10.0. The molecule has 5 heteroatoms. The Bertz CT molecular complexity index is 869. The van der Waals surface area contributed by atoms with Crippen LogP contribution in [0.2, 0.25) is 0 Å². The van der Waals surface area contributed by atoms with Gasteiger partial charge in [-0.05, 0) is 44.4 Å². The molecule has 124 valence electrons. The Morgan fingerprint density at radius 1 is 1.25 bits per heavy atom. The summed E-state index contributed by atoms with van der Waals surface area (Å²) < 4.78 is 2.00. The molecule has 0 saturated heterocycles. The topological polar surface area (TPSA) is 59.8 Å². The Balaban J connectivity index is 1.75. The molecule has 3 aromatic rings. The van der Waals surface area contributed by atoms with Crippen LogP contribution in [0.15, 0.2) is 36.9 Å². The molecule has 2 heterocycles. The second-order valence-electron chi connectivity index (χ2n) is 6.12. The third-order valence-corrected chi connectivity index (χ3v) is 4.32. The van der Waals surface area contributed by atoms with Crippen molar-refractivity contribution in [1.82, 2.24) is 19.9 Å². The van der Waals surface area contributed by atoms with Crippen LogP contribution < -0.4 is 5.32 Å². The number of imidazole rings is 1. The van der Waals surface area contributed by atoms with E-state index in [1.54, 1.807) is 12.5 Å². The van der Waals surface area contributed by atoms with Gasteiger partial charge >= 0.3 is 0 Å². The third-order valence-electron chi connectivity index (χ3n) is 4.32. The molecule has 1 amide bonds. The van der Waals surface area contributed by atoms with Gasteiger partial charge in [-0.3, -0.25) is 9.78 Å². The van der Waals surface area contributed by atoms with Crippen molar-refractivity contribution < 1.29 is 4.79 Å². The van der Waals surface area contributed by atoms with Gasteiger partial charge in [0.15, 0.2) is 0 Å². The van der Waals surface area contributed by atoms with E-state index in [0.717, 1.165) is 35.1 Å². The highest BCUT2D eigenvalue weighted by atomic mass is 16.1. The SMILES string of the molecule is Cc1cc(C(=O)NCCCn2ccnc2)c2ccc(C)c(C)c2n1. The van der Waals surface area contributed by atoms with Gasteiger partial charge < -0.3 is 9.88 Å². The molecule has 0 spiro atoms. The first-order valence-corrected chi connectivity index (χ1v) is 8.18. The predicted molar refractivity (Wildman–Crippen MR) is 95.1 cm³/mol. The molecule has 0 unspecified atom stereocenters. The van der Waals surface area contributed by atoms with Crippen LogP contribution in [0, 0.1) is 20.8 Å². The third kappa shape index (κ3) is 3.30. The highest BCUT2D eigenvalue weighted by molar-refractivity contribution is 6.07. The fourth-order valence-electron chi connectivity index (χ4n) is 2.82. The molecule has 0 bridgehead atoms. The summed E-state index contributed by atoms with van der Waals surface area (Å²) in [7, 11) is 0. The standard InChI is InChI=1S/C19H22N4O/c1-13-5-6-16-17(11-14(2)22-18(16)15(13)3)19(24)21-7-4-9-23-10-8-20-12-23/h5-6,8,10-12H,4,7,9H2,1-3H3,(H,21,24). The minimum Gasteiger partial charge on any atom is -0.352 e. The monoisotopic (exact) mass is 322 g/mol. The van der Waals surface area contributed by atoms with E-state index in [-0.39, 0.29) is 5.91 Å². The zero-order valence-electron chi connectivity index (χ0n) is 14.3. The number of nitrogens with one attached hydrogen (secondary N) is 1. The lowest BCUT2D eigenvalue weighted by Crippen LogP contribution is -2.25. The maximum atomic E-state index is 12.6. The summed E-state index contributed by atoms with van der Waals surface area (Å²) >= 11 is 0. The summed E-state index contributed by atoms with van der Waals surface area (Å²) in [5.41, 5.74) is 4.79. The quantitative estimate of drug-likeness (QED) is 0.734. The van der Waals surface area contributed by atoms with Crippen molar-refractivity contribution in [3.63, 3.8) is 0 Å². The average Bonchev–Trinajstić information content (AvgIpc) is 3.08. The van der Waals surface area contributed by atoms with Crippen LogP contribution in [0.25, 0.3) is 10.9 Å². The van der Waals surface area contributed by atoms with Crippen LogP contribution in [0.3, 0.4) is 0 Å². The van der Waals surface area contributed by atoms with Crippen LogP contribution in [-0.2, 0) is 6.54 Å². The molecule has 1 N–H and O–H groups in total. The molecule has 0 aliphatic heterocycles. The van der Waals surface area contributed by atoms with Gasteiger partial charge in [-0.25, -0.2) is 4.98 Å². The molecule has 24 heavy (non-hydrogen) atoms. The number of benzene rings is 1. The van der Waals surface area contributed by atoms with Gasteiger partial charge in [0.05, 0.1) is 17.4 Å². The molecule has 0 aliphatic rings. The Morgan fingerprint density at radius 2 is 2.08 bits per heavy atom. The first-order valence-electron chi connectivity index (χ1n) is 8.18. The van der Waals surface area contributed by atoms with E-state index < -0.39 is 0 Å². The second kappa shape index (κ2) is 6.83. The van der Waals surface area contributed by atoms with E-state index >= 15 is 0 Å². The van der Waals surface area contributed by atoms with Crippen molar-refractivity contribution in [2.24, 2.45) is 0 Å². The molecular formula is C19H22N4O. The Labute approximate surface area is 141 Å². The predicted octanol–water partition coefficient (Wildman–Crippen LogP) is 3.18. The summed E-state index contributed by atoms with van der Waals surface area (Å²) in [6.45, 7) is 7.52. The lowest BCUT2D eigenvalue weighted by molar-refractivity contribution is 0.0954. The highest BCUT2D eigenvalue weighted by Crippen LogP contribution is 2.23. The average molecular weight is 322 g/mol. The molecule has 2 aromatic heterocycles. The van der Waals surface area contributed by atoms with E-state index in [1.165, 1.54) is 5.56 Å². The molecule has 1 aromatic carbocycles. The maximum absolute atomic E-state index is 12.6. The Kier molecular flexibility index (Phi) is 4.60. The molecule has 5 nitrogen and oxygen atoms in total. The minimum absolute atomic E-state index is 0.0422. The van der Waals surface area contributed by atoms with Gasteiger partial charge in [0.1, 0.15) is 0 Å². The fourth-order valence-corrected chi connectivity index (χ4v) is 2.82. The number of aromatic nitrogens is 3. The Morgan fingerprint density at radius 3 is 2.83 bits per heavy atom. The molecule has 0 fully saturated rings. The normalized spacial score (nSPS) is 11.0. The molecule has 0 aliphatic carbocycles. The van der Waals surface area contributed by atoms with E-state index in [4.69, 9.17) is 0 Å². The van der Waals surface area contributed by atoms with Gasteiger partial charge in [0.2, 0.25) is 0 Å². The van der Waals surface area contributed by atoms with Crippen molar-refractivity contribution in [1.29, 1.82) is 0 Å². The Hall–Kier alpha value is -2.69. The number of hydrogen-bond acceptors (Lipinski definition) is 3. The van der Waals surface area contributed by atoms with Gasteiger partial charge in [-0.2, -0.15) is 0 Å². The number of amides is 1. The lowest BCUT2D eigenvalue weighted by Gasteiger charge is -2.12. The summed E-state index contributed by atoms with van der Waals surface area (Å²) in [6, 6.07) is 5.90. The van der Waals surface area contributed by atoms with Gasteiger partial charge in [-0.1, -0.05) is 12.1 Å². The zero-order chi connectivity index (χ0) is 17.1. The minimum atomic E-state index is -0.0422. The number of carbonyl (C=O) groups excluding carboxylic acids is 1. The number of aryl methyl sites for hydroxylation is 4. The van der Waals surface area contributed by atoms with E-state index in [0.29, 0.717) is 12.1 Å². The largest absolute Gasteiger partial charge is 0.352 e. The summed E-state index contributed by atoms with van der Waals surface area (Å²) in [6.07, 6.45) is 6.33. The number of nitrogens with zero attached hydrogens (tertiary/aromatic N) is 3. The first-order chi connectivity index (χ1) is 11.6. The van der Waals surface area contributed by atoms with Gasteiger partial charge in [-0.15, -0.1) is 0 Å².